The van der Waals surface area contributed by atoms with E-state index in [4.69, 9.17) is 9.47 Å². The second kappa shape index (κ2) is 7.97. The van der Waals surface area contributed by atoms with Gasteiger partial charge < -0.3 is 14.8 Å². The van der Waals surface area contributed by atoms with Gasteiger partial charge in [-0.05, 0) is 30.5 Å². The van der Waals surface area contributed by atoms with Crippen molar-refractivity contribution in [1.82, 2.24) is 0 Å². The molecule has 0 saturated carbocycles. The number of nitrogens with two attached hydrogens (primary N) is 1. The summed E-state index contributed by atoms with van der Waals surface area (Å²) in [4.78, 5) is 0. The van der Waals surface area contributed by atoms with Gasteiger partial charge in [0.15, 0.2) is 0 Å². The summed E-state index contributed by atoms with van der Waals surface area (Å²) in [5.41, 5.74) is 2.49. The first-order valence-electron chi connectivity index (χ1n) is 8.09. The van der Waals surface area contributed by atoms with Crippen LogP contribution in [0.5, 0.6) is 5.75 Å². The van der Waals surface area contributed by atoms with Gasteiger partial charge in [0.1, 0.15) is 31.5 Å². The minimum atomic E-state index is 0.442. The third-order valence-electron chi connectivity index (χ3n) is 3.98. The molecule has 2 aromatic carbocycles. The van der Waals surface area contributed by atoms with Crippen LogP contribution in [0.1, 0.15) is 24.0 Å². The zero-order chi connectivity index (χ0) is 15.0. The van der Waals surface area contributed by atoms with Gasteiger partial charge in [-0.15, -0.1) is 0 Å². The van der Waals surface area contributed by atoms with Crippen LogP contribution in [0.2, 0.25) is 0 Å². The molecule has 0 aromatic heterocycles. The van der Waals surface area contributed by atoms with Gasteiger partial charge in [0.2, 0.25) is 0 Å². The number of benzene rings is 2. The van der Waals surface area contributed by atoms with Crippen molar-refractivity contribution >= 4 is 0 Å². The highest BCUT2D eigenvalue weighted by Crippen LogP contribution is 2.15. The van der Waals surface area contributed by atoms with Crippen LogP contribution in [0.25, 0.3) is 0 Å². The summed E-state index contributed by atoms with van der Waals surface area (Å²) in [6, 6.07) is 18.6. The minimum absolute atomic E-state index is 0.442. The SMILES string of the molecule is c1ccc(COc2cccc(C[NH2+]C[C@@H]3CCCO3)c2)cc1. The molecule has 2 aromatic rings. The second-order valence-electron chi connectivity index (χ2n) is 5.79. The Morgan fingerprint density at radius 2 is 1.91 bits per heavy atom. The molecule has 0 unspecified atom stereocenters. The van der Waals surface area contributed by atoms with E-state index < -0.39 is 0 Å². The van der Waals surface area contributed by atoms with Crippen LogP contribution in [-0.2, 0) is 17.9 Å². The van der Waals surface area contributed by atoms with Crippen molar-refractivity contribution < 1.29 is 14.8 Å². The zero-order valence-electron chi connectivity index (χ0n) is 12.9. The van der Waals surface area contributed by atoms with Crippen LogP contribution in [-0.4, -0.2) is 19.3 Å². The molecular weight excluding hydrogens is 274 g/mol. The smallest absolute Gasteiger partial charge is 0.120 e. The molecule has 0 amide bonds. The Morgan fingerprint density at radius 3 is 2.73 bits per heavy atom. The summed E-state index contributed by atoms with van der Waals surface area (Å²) >= 11 is 0. The van der Waals surface area contributed by atoms with E-state index in [9.17, 15) is 0 Å². The summed E-state index contributed by atoms with van der Waals surface area (Å²) in [5.74, 6) is 0.937. The molecule has 116 valence electrons. The maximum Gasteiger partial charge on any atom is 0.120 e. The lowest BCUT2D eigenvalue weighted by Crippen LogP contribution is -2.84. The molecule has 1 aliphatic heterocycles. The van der Waals surface area contributed by atoms with Crippen molar-refractivity contribution in [3.63, 3.8) is 0 Å². The van der Waals surface area contributed by atoms with Crippen LogP contribution in [0, 0.1) is 0 Å². The van der Waals surface area contributed by atoms with Crippen molar-refractivity contribution in [2.75, 3.05) is 13.2 Å². The van der Waals surface area contributed by atoms with Gasteiger partial charge in [-0.25, -0.2) is 0 Å². The summed E-state index contributed by atoms with van der Waals surface area (Å²) < 4.78 is 11.5. The van der Waals surface area contributed by atoms with Crippen molar-refractivity contribution in [3.05, 3.63) is 65.7 Å². The van der Waals surface area contributed by atoms with Gasteiger partial charge in [0.05, 0.1) is 0 Å². The van der Waals surface area contributed by atoms with Crippen molar-refractivity contribution in [3.8, 4) is 5.75 Å². The van der Waals surface area contributed by atoms with Crippen molar-refractivity contribution in [1.29, 1.82) is 0 Å². The van der Waals surface area contributed by atoms with E-state index in [1.165, 1.54) is 24.0 Å². The van der Waals surface area contributed by atoms with Crippen molar-refractivity contribution in [2.45, 2.75) is 32.1 Å². The average Bonchev–Trinajstić information content (AvgIpc) is 3.08. The van der Waals surface area contributed by atoms with Gasteiger partial charge >= 0.3 is 0 Å². The normalized spacial score (nSPS) is 17.5. The number of hydrogen-bond donors (Lipinski definition) is 1. The first-order valence-corrected chi connectivity index (χ1v) is 8.09. The summed E-state index contributed by atoms with van der Waals surface area (Å²) in [7, 11) is 0. The van der Waals surface area contributed by atoms with E-state index in [1.54, 1.807) is 0 Å². The van der Waals surface area contributed by atoms with Gasteiger partial charge in [0.25, 0.3) is 0 Å². The molecule has 1 atom stereocenters. The third kappa shape index (κ3) is 4.58. The molecule has 0 spiro atoms. The Bertz CT molecular complexity index is 565. The summed E-state index contributed by atoms with van der Waals surface area (Å²) in [5, 5.41) is 2.33. The van der Waals surface area contributed by atoms with Gasteiger partial charge in [0, 0.05) is 12.2 Å². The molecule has 1 aliphatic rings. The lowest BCUT2D eigenvalue weighted by Gasteiger charge is -2.10. The van der Waals surface area contributed by atoms with E-state index >= 15 is 0 Å². The molecule has 1 heterocycles. The molecule has 1 saturated heterocycles. The molecule has 3 nitrogen and oxygen atoms in total. The van der Waals surface area contributed by atoms with Gasteiger partial charge in [-0.3, -0.25) is 0 Å². The first-order chi connectivity index (χ1) is 10.9. The highest BCUT2D eigenvalue weighted by Gasteiger charge is 2.16. The summed E-state index contributed by atoms with van der Waals surface area (Å²) in [6.45, 7) is 3.57. The third-order valence-corrected chi connectivity index (χ3v) is 3.98. The standard InChI is InChI=1S/C19H23NO2/c1-2-6-16(7-3-1)15-22-18-9-4-8-17(12-18)13-20-14-19-10-5-11-21-19/h1-4,6-9,12,19-20H,5,10-11,13-15H2/p+1/t19-/m0/s1. The van der Waals surface area contributed by atoms with E-state index in [1.807, 2.05) is 24.3 Å². The molecule has 1 fully saturated rings. The lowest BCUT2D eigenvalue weighted by atomic mass is 10.2. The van der Waals surface area contributed by atoms with Gasteiger partial charge in [-0.1, -0.05) is 42.5 Å². The zero-order valence-corrected chi connectivity index (χ0v) is 12.9. The monoisotopic (exact) mass is 298 g/mol. The number of hydrogen-bond acceptors (Lipinski definition) is 2. The lowest BCUT2D eigenvalue weighted by molar-refractivity contribution is -0.676. The molecule has 22 heavy (non-hydrogen) atoms. The van der Waals surface area contributed by atoms with Gasteiger partial charge in [-0.2, -0.15) is 0 Å². The van der Waals surface area contributed by atoms with Crippen molar-refractivity contribution in [2.24, 2.45) is 0 Å². The second-order valence-corrected chi connectivity index (χ2v) is 5.79. The average molecular weight is 298 g/mol. The summed E-state index contributed by atoms with van der Waals surface area (Å²) in [6.07, 6.45) is 2.86. The van der Waals surface area contributed by atoms with E-state index in [2.05, 4.69) is 35.6 Å². The highest BCUT2D eigenvalue weighted by atomic mass is 16.5. The Hall–Kier alpha value is -1.84. The fraction of sp³-hybridized carbons (Fsp3) is 0.368. The fourth-order valence-electron chi connectivity index (χ4n) is 2.77. The van der Waals surface area contributed by atoms with Crippen LogP contribution in [0.4, 0.5) is 0 Å². The number of rotatable bonds is 7. The molecule has 0 radical (unpaired) electrons. The largest absolute Gasteiger partial charge is 0.489 e. The number of quaternary nitrogens is 1. The van der Waals surface area contributed by atoms with Crippen LogP contribution < -0.4 is 10.1 Å². The highest BCUT2D eigenvalue weighted by molar-refractivity contribution is 5.28. The topological polar surface area (TPSA) is 35.1 Å². The van der Waals surface area contributed by atoms with E-state index in [0.29, 0.717) is 12.7 Å². The molecule has 0 aliphatic carbocycles. The minimum Gasteiger partial charge on any atom is -0.489 e. The predicted octanol–water partition coefficient (Wildman–Crippen LogP) is 2.51. The molecule has 3 heteroatoms. The Kier molecular flexibility index (Phi) is 5.46. The van der Waals surface area contributed by atoms with E-state index in [-0.39, 0.29) is 0 Å². The van der Waals surface area contributed by atoms with E-state index in [0.717, 1.165) is 25.4 Å². The fourth-order valence-corrected chi connectivity index (χ4v) is 2.77. The first kappa shape index (κ1) is 15.1. The quantitative estimate of drug-likeness (QED) is 0.852. The maximum absolute atomic E-state index is 5.87. The molecule has 2 N–H and O–H groups in total. The van der Waals surface area contributed by atoms with Crippen LogP contribution in [0.3, 0.4) is 0 Å². The predicted molar refractivity (Wildman–Crippen MR) is 86.7 cm³/mol. The Balaban J connectivity index is 1.47. The molecule has 0 bridgehead atoms. The van der Waals surface area contributed by atoms with Crippen LogP contribution >= 0.6 is 0 Å². The Morgan fingerprint density at radius 1 is 1.05 bits per heavy atom. The maximum atomic E-state index is 5.87. The number of ether oxygens (including phenoxy) is 2. The van der Waals surface area contributed by atoms with Crippen LogP contribution in [0.15, 0.2) is 54.6 Å². The Labute approximate surface area is 132 Å². The molecular formula is C19H24NO2+. The molecule has 3 rings (SSSR count).